The fourth-order valence-corrected chi connectivity index (χ4v) is 1.94. The van der Waals surface area contributed by atoms with Gasteiger partial charge in [0.1, 0.15) is 5.82 Å². The third kappa shape index (κ3) is 4.16. The Morgan fingerprint density at radius 1 is 1.05 bits per heavy atom. The molecule has 3 nitrogen and oxygen atoms in total. The van der Waals surface area contributed by atoms with Crippen molar-refractivity contribution in [2.75, 3.05) is 10.6 Å². The number of rotatable bonds is 2. The lowest BCUT2D eigenvalue weighted by Crippen LogP contribution is -2.22. The van der Waals surface area contributed by atoms with E-state index < -0.39 is 11.7 Å². The molecule has 0 spiro atoms. The summed E-state index contributed by atoms with van der Waals surface area (Å²) in [7, 11) is 0. The number of nitrogens with one attached hydrogen (secondary N) is 2. The van der Waals surface area contributed by atoms with E-state index in [9.17, 15) is 13.2 Å². The number of aromatic nitrogens is 1. The largest absolute Gasteiger partial charge is 0.418 e. The highest BCUT2D eigenvalue weighted by Gasteiger charge is 2.33. The second-order valence-electron chi connectivity index (χ2n) is 4.29. The Labute approximate surface area is 125 Å². The van der Waals surface area contributed by atoms with Crippen LogP contribution in [0.3, 0.4) is 0 Å². The molecule has 0 radical (unpaired) electrons. The summed E-state index contributed by atoms with van der Waals surface area (Å²) in [5.41, 5.74) is -0.0972. The van der Waals surface area contributed by atoms with Crippen molar-refractivity contribution in [1.29, 1.82) is 0 Å². The number of halogens is 3. The molecule has 1 aromatic carbocycles. The van der Waals surface area contributed by atoms with Gasteiger partial charge in [0.25, 0.3) is 0 Å². The van der Waals surface area contributed by atoms with Crippen LogP contribution in [0.1, 0.15) is 11.3 Å². The minimum absolute atomic E-state index is 0.0461. The van der Waals surface area contributed by atoms with Gasteiger partial charge in [0.15, 0.2) is 5.11 Å². The normalized spacial score (nSPS) is 11.0. The third-order valence-electron chi connectivity index (χ3n) is 2.61. The Kier molecular flexibility index (Phi) is 4.42. The van der Waals surface area contributed by atoms with Crippen LogP contribution in [-0.2, 0) is 6.18 Å². The van der Waals surface area contributed by atoms with E-state index in [0.717, 1.165) is 11.8 Å². The van der Waals surface area contributed by atoms with Gasteiger partial charge in [-0.1, -0.05) is 18.2 Å². The van der Waals surface area contributed by atoms with E-state index in [2.05, 4.69) is 15.6 Å². The van der Waals surface area contributed by atoms with Gasteiger partial charge in [-0.2, -0.15) is 13.2 Å². The molecule has 0 fully saturated rings. The van der Waals surface area contributed by atoms with E-state index in [1.165, 1.54) is 18.2 Å². The zero-order valence-electron chi connectivity index (χ0n) is 11.0. The van der Waals surface area contributed by atoms with Gasteiger partial charge in [-0.05, 0) is 43.4 Å². The molecule has 7 heteroatoms. The van der Waals surface area contributed by atoms with Crippen molar-refractivity contribution >= 4 is 28.8 Å². The van der Waals surface area contributed by atoms with Crippen molar-refractivity contribution in [1.82, 2.24) is 4.98 Å². The van der Waals surface area contributed by atoms with E-state index in [4.69, 9.17) is 12.2 Å². The predicted octanol–water partition coefficient (Wildman–Crippen LogP) is 4.22. The van der Waals surface area contributed by atoms with Crippen molar-refractivity contribution in [3.63, 3.8) is 0 Å². The van der Waals surface area contributed by atoms with Gasteiger partial charge in [0.2, 0.25) is 0 Å². The lowest BCUT2D eigenvalue weighted by molar-refractivity contribution is -0.136. The molecule has 2 N–H and O–H groups in total. The summed E-state index contributed by atoms with van der Waals surface area (Å²) < 4.78 is 38.6. The van der Waals surface area contributed by atoms with Gasteiger partial charge in [0, 0.05) is 5.69 Å². The summed E-state index contributed by atoms with van der Waals surface area (Å²) in [5, 5.41) is 5.34. The van der Waals surface area contributed by atoms with Crippen LogP contribution in [0.25, 0.3) is 0 Å². The van der Waals surface area contributed by atoms with E-state index >= 15 is 0 Å². The highest BCUT2D eigenvalue weighted by Crippen LogP contribution is 2.34. The second kappa shape index (κ2) is 6.09. The topological polar surface area (TPSA) is 37.0 Å². The first kappa shape index (κ1) is 15.2. The SMILES string of the molecule is Cc1cccc(NC(=S)Nc2ccccc2C(F)(F)F)n1. The van der Waals surface area contributed by atoms with Crippen LogP contribution < -0.4 is 10.6 Å². The quantitative estimate of drug-likeness (QED) is 0.814. The van der Waals surface area contributed by atoms with Gasteiger partial charge in [0.05, 0.1) is 11.3 Å². The molecule has 0 aliphatic rings. The number of hydrogen-bond donors (Lipinski definition) is 2. The predicted molar refractivity (Wildman–Crippen MR) is 80.3 cm³/mol. The van der Waals surface area contributed by atoms with Crippen LogP contribution in [0.5, 0.6) is 0 Å². The minimum Gasteiger partial charge on any atom is -0.332 e. The van der Waals surface area contributed by atoms with Crippen molar-refractivity contribution < 1.29 is 13.2 Å². The van der Waals surface area contributed by atoms with Gasteiger partial charge in [-0.3, -0.25) is 0 Å². The summed E-state index contributed by atoms with van der Waals surface area (Å²) in [4.78, 5) is 4.17. The molecule has 0 unspecified atom stereocenters. The van der Waals surface area contributed by atoms with Crippen molar-refractivity contribution in [2.24, 2.45) is 0 Å². The van der Waals surface area contributed by atoms with Gasteiger partial charge >= 0.3 is 6.18 Å². The van der Waals surface area contributed by atoms with E-state index in [0.29, 0.717) is 5.82 Å². The maximum Gasteiger partial charge on any atom is 0.418 e. The average molecular weight is 311 g/mol. The molecule has 1 aromatic heterocycles. The first-order chi connectivity index (χ1) is 9.86. The number of nitrogens with zero attached hydrogens (tertiary/aromatic N) is 1. The zero-order chi connectivity index (χ0) is 15.5. The molecule has 1 heterocycles. The molecule has 0 saturated carbocycles. The first-order valence-corrected chi connectivity index (χ1v) is 6.45. The zero-order valence-corrected chi connectivity index (χ0v) is 11.8. The fourth-order valence-electron chi connectivity index (χ4n) is 1.72. The summed E-state index contributed by atoms with van der Waals surface area (Å²) >= 11 is 5.01. The molecular formula is C14H12F3N3S. The molecule has 21 heavy (non-hydrogen) atoms. The van der Waals surface area contributed by atoms with Crippen molar-refractivity contribution in [2.45, 2.75) is 13.1 Å². The molecule has 0 saturated heterocycles. The van der Waals surface area contributed by atoms with Crippen LogP contribution in [0.15, 0.2) is 42.5 Å². The number of pyridine rings is 1. The highest BCUT2D eigenvalue weighted by molar-refractivity contribution is 7.80. The number of hydrogen-bond acceptors (Lipinski definition) is 2. The highest BCUT2D eigenvalue weighted by atomic mass is 32.1. The summed E-state index contributed by atoms with van der Waals surface area (Å²) in [6.45, 7) is 1.81. The lowest BCUT2D eigenvalue weighted by atomic mass is 10.1. The molecular weight excluding hydrogens is 299 g/mol. The third-order valence-corrected chi connectivity index (χ3v) is 2.81. The summed E-state index contributed by atoms with van der Waals surface area (Å²) in [6.07, 6.45) is -4.44. The van der Waals surface area contributed by atoms with E-state index in [-0.39, 0.29) is 10.8 Å². The van der Waals surface area contributed by atoms with Crippen LogP contribution in [0.2, 0.25) is 0 Å². The monoisotopic (exact) mass is 311 g/mol. The Balaban J connectivity index is 2.14. The number of benzene rings is 1. The lowest BCUT2D eigenvalue weighted by Gasteiger charge is -2.15. The molecule has 0 amide bonds. The molecule has 0 aliphatic carbocycles. The number of alkyl halides is 3. The Bertz CT molecular complexity index is 656. The Morgan fingerprint density at radius 3 is 2.43 bits per heavy atom. The van der Waals surface area contributed by atoms with Gasteiger partial charge < -0.3 is 10.6 Å². The Hall–Kier alpha value is -2.15. The van der Waals surface area contributed by atoms with Crippen LogP contribution >= 0.6 is 12.2 Å². The van der Waals surface area contributed by atoms with E-state index in [1.54, 1.807) is 25.1 Å². The Morgan fingerprint density at radius 2 is 1.76 bits per heavy atom. The van der Waals surface area contributed by atoms with Crippen molar-refractivity contribution in [3.8, 4) is 0 Å². The average Bonchev–Trinajstić information content (AvgIpc) is 2.37. The number of aryl methyl sites for hydroxylation is 1. The summed E-state index contributed by atoms with van der Waals surface area (Å²) in [6, 6.07) is 10.4. The molecule has 2 aromatic rings. The smallest absolute Gasteiger partial charge is 0.332 e. The first-order valence-electron chi connectivity index (χ1n) is 6.04. The maximum atomic E-state index is 12.9. The molecule has 0 aliphatic heterocycles. The molecule has 0 bridgehead atoms. The molecule has 0 atom stereocenters. The van der Waals surface area contributed by atoms with E-state index in [1.807, 2.05) is 0 Å². The van der Waals surface area contributed by atoms with Gasteiger partial charge in [-0.25, -0.2) is 4.98 Å². The number of para-hydroxylation sites is 1. The van der Waals surface area contributed by atoms with Crippen LogP contribution in [0, 0.1) is 6.92 Å². The van der Waals surface area contributed by atoms with Crippen LogP contribution in [0.4, 0.5) is 24.7 Å². The van der Waals surface area contributed by atoms with Gasteiger partial charge in [-0.15, -0.1) is 0 Å². The number of thiocarbonyl (C=S) groups is 1. The second-order valence-corrected chi connectivity index (χ2v) is 4.69. The number of anilines is 2. The molecule has 110 valence electrons. The molecule has 2 rings (SSSR count). The van der Waals surface area contributed by atoms with Crippen LogP contribution in [-0.4, -0.2) is 10.1 Å². The minimum atomic E-state index is -4.44. The van der Waals surface area contributed by atoms with Crippen molar-refractivity contribution in [3.05, 3.63) is 53.7 Å². The standard InChI is InChI=1S/C14H12F3N3S/c1-9-5-4-8-12(18-9)20-13(21)19-11-7-3-2-6-10(11)14(15,16)17/h2-8H,1H3,(H2,18,19,20,21). The fraction of sp³-hybridized carbons (Fsp3) is 0.143. The maximum absolute atomic E-state index is 12.9. The summed E-state index contributed by atoms with van der Waals surface area (Å²) in [5.74, 6) is 0.469.